The quantitative estimate of drug-likeness (QED) is 0.456. The van der Waals surface area contributed by atoms with Crippen molar-refractivity contribution < 1.29 is 0 Å². The summed E-state index contributed by atoms with van der Waals surface area (Å²) in [7, 11) is 0. The number of hydrogen-bond acceptors (Lipinski definition) is 3. The second kappa shape index (κ2) is 5.29. The monoisotopic (exact) mass is 287 g/mol. The molecule has 0 fully saturated rings. The molecule has 2 N–H and O–H groups in total. The molecular weight excluding hydrogens is 274 g/mol. The van der Waals surface area contributed by atoms with Gasteiger partial charge in [-0.15, -0.1) is 0 Å². The third-order valence-corrected chi connectivity index (χ3v) is 3.51. The normalized spacial score (nSPS) is 10.7. The maximum Gasteiger partial charge on any atom is 0.180 e. The third-order valence-electron chi connectivity index (χ3n) is 3.51. The lowest BCUT2D eigenvalue weighted by molar-refractivity contribution is 1.20. The average molecular weight is 287 g/mol. The number of imidazole rings is 1. The van der Waals surface area contributed by atoms with Gasteiger partial charge in [0.2, 0.25) is 0 Å². The molecule has 0 spiro atoms. The van der Waals surface area contributed by atoms with E-state index >= 15 is 0 Å². The minimum absolute atomic E-state index is 0.713. The van der Waals surface area contributed by atoms with Crippen molar-refractivity contribution in [3.63, 3.8) is 0 Å². The number of H-pyrrole nitrogens is 2. The van der Waals surface area contributed by atoms with Crippen LogP contribution in [0.5, 0.6) is 0 Å². The van der Waals surface area contributed by atoms with Gasteiger partial charge in [0.25, 0.3) is 0 Å². The van der Waals surface area contributed by atoms with Crippen LogP contribution in [-0.4, -0.2) is 24.9 Å². The van der Waals surface area contributed by atoms with Gasteiger partial charge in [0, 0.05) is 21.8 Å². The number of hydrogen-bond donors (Lipinski definition) is 2. The highest BCUT2D eigenvalue weighted by molar-refractivity contribution is 6.06. The predicted octanol–water partition coefficient (Wildman–Crippen LogP) is 3.67. The molecule has 0 amide bonds. The van der Waals surface area contributed by atoms with Crippen LogP contribution in [0.2, 0.25) is 0 Å². The summed E-state index contributed by atoms with van der Waals surface area (Å²) in [6.07, 6.45) is 4.76. The lowest BCUT2D eigenvalue weighted by Gasteiger charge is -1.87. The molecule has 106 valence electrons. The number of fused-ring (bicyclic) bond motifs is 4. The van der Waals surface area contributed by atoms with Crippen molar-refractivity contribution in [1.82, 2.24) is 24.9 Å². The zero-order chi connectivity index (χ0) is 14.8. The van der Waals surface area contributed by atoms with E-state index in [1.54, 1.807) is 12.5 Å². The summed E-state index contributed by atoms with van der Waals surface area (Å²) >= 11 is 0. The van der Waals surface area contributed by atoms with Gasteiger partial charge < -0.3 is 9.97 Å². The maximum absolute atomic E-state index is 3.91. The predicted molar refractivity (Wildman–Crippen MR) is 87.5 cm³/mol. The van der Waals surface area contributed by atoms with Crippen LogP contribution >= 0.6 is 0 Å². The number of aromatic nitrogens is 5. The second-order valence-corrected chi connectivity index (χ2v) is 4.88. The van der Waals surface area contributed by atoms with E-state index in [1.807, 2.05) is 0 Å². The minimum atomic E-state index is 0.713. The molecule has 22 heavy (non-hydrogen) atoms. The zero-order valence-electron chi connectivity index (χ0n) is 11.7. The van der Waals surface area contributed by atoms with Crippen molar-refractivity contribution in [2.24, 2.45) is 0 Å². The Morgan fingerprint density at radius 2 is 1.41 bits per heavy atom. The van der Waals surface area contributed by atoms with E-state index in [0.717, 1.165) is 5.52 Å². The summed E-state index contributed by atoms with van der Waals surface area (Å²) in [6.45, 7) is 0. The molecule has 0 radical (unpaired) electrons. The molecule has 0 atom stereocenters. The van der Waals surface area contributed by atoms with E-state index in [0.29, 0.717) is 5.65 Å². The highest BCUT2D eigenvalue weighted by Crippen LogP contribution is 2.24. The van der Waals surface area contributed by atoms with Gasteiger partial charge in [-0.25, -0.2) is 15.0 Å². The van der Waals surface area contributed by atoms with Crippen molar-refractivity contribution in [2.75, 3.05) is 0 Å². The maximum atomic E-state index is 3.91. The third kappa shape index (κ3) is 2.18. The average Bonchev–Trinajstić information content (AvgIpc) is 3.19. The molecule has 2 aromatic carbocycles. The van der Waals surface area contributed by atoms with E-state index in [2.05, 4.69) is 73.5 Å². The number of nitrogens with one attached hydrogen (secondary N) is 2. The van der Waals surface area contributed by atoms with E-state index in [-0.39, 0.29) is 0 Å². The van der Waals surface area contributed by atoms with E-state index in [1.165, 1.54) is 28.1 Å². The van der Waals surface area contributed by atoms with Crippen LogP contribution in [0.15, 0.2) is 67.4 Å². The van der Waals surface area contributed by atoms with Gasteiger partial charge in [0.1, 0.15) is 11.8 Å². The number of nitrogens with zero attached hydrogens (tertiary/aromatic N) is 3. The van der Waals surface area contributed by atoms with Crippen LogP contribution in [0.1, 0.15) is 0 Å². The lowest BCUT2D eigenvalue weighted by atomic mass is 10.2. The van der Waals surface area contributed by atoms with Crippen molar-refractivity contribution in [2.45, 2.75) is 0 Å². The van der Waals surface area contributed by atoms with Gasteiger partial charge in [-0.1, -0.05) is 36.4 Å². The lowest BCUT2D eigenvalue weighted by Crippen LogP contribution is -1.76. The molecule has 5 heteroatoms. The molecule has 5 aromatic rings. The summed E-state index contributed by atoms with van der Waals surface area (Å²) in [6, 6.07) is 16.8. The zero-order valence-corrected chi connectivity index (χ0v) is 11.7. The number of rotatable bonds is 0. The Morgan fingerprint density at radius 1 is 0.727 bits per heavy atom. The topological polar surface area (TPSA) is 70.2 Å². The standard InChI is InChI=1S/C12H9N.C5H4N4/c1-3-7-11-9(5-1)10-6-2-4-8-12(10)13-11;1-4-5(8-2-6-1)9-3-7-4/h1-8,13H;1-3H,(H,6,7,8,9). The van der Waals surface area contributed by atoms with Crippen molar-refractivity contribution in [1.29, 1.82) is 0 Å². The first-order chi connectivity index (χ1) is 10.9. The Morgan fingerprint density at radius 3 is 2.09 bits per heavy atom. The molecule has 0 unspecified atom stereocenters. The number of para-hydroxylation sites is 2. The van der Waals surface area contributed by atoms with Crippen molar-refractivity contribution in [3.8, 4) is 0 Å². The molecule has 5 nitrogen and oxygen atoms in total. The first-order valence-corrected chi connectivity index (χ1v) is 6.96. The Bertz CT molecular complexity index is 964. The highest BCUT2D eigenvalue weighted by Gasteiger charge is 2.00. The molecule has 0 saturated carbocycles. The largest absolute Gasteiger partial charge is 0.355 e. The fourth-order valence-electron chi connectivity index (χ4n) is 2.49. The van der Waals surface area contributed by atoms with Gasteiger partial charge in [-0.2, -0.15) is 0 Å². The molecule has 0 aliphatic carbocycles. The molecular formula is C17H13N5. The van der Waals surface area contributed by atoms with Crippen LogP contribution in [0.3, 0.4) is 0 Å². The van der Waals surface area contributed by atoms with Gasteiger partial charge in [-0.3, -0.25) is 0 Å². The minimum Gasteiger partial charge on any atom is -0.355 e. The summed E-state index contributed by atoms with van der Waals surface area (Å²) in [5.41, 5.74) is 4.01. The van der Waals surface area contributed by atoms with Crippen LogP contribution in [0, 0.1) is 0 Å². The summed E-state index contributed by atoms with van der Waals surface area (Å²) in [5, 5.41) is 2.61. The Hall–Kier alpha value is -3.21. The fraction of sp³-hybridized carbons (Fsp3) is 0. The summed E-state index contributed by atoms with van der Waals surface area (Å²) < 4.78 is 0. The van der Waals surface area contributed by atoms with Crippen molar-refractivity contribution >= 4 is 33.0 Å². The first-order valence-electron chi connectivity index (χ1n) is 6.96. The summed E-state index contributed by atoms with van der Waals surface area (Å²) in [5.74, 6) is 0. The van der Waals surface area contributed by atoms with Crippen molar-refractivity contribution in [3.05, 3.63) is 67.4 Å². The van der Waals surface area contributed by atoms with Crippen LogP contribution in [0.25, 0.3) is 33.0 Å². The van der Waals surface area contributed by atoms with Gasteiger partial charge >= 0.3 is 0 Å². The van der Waals surface area contributed by atoms with Crippen LogP contribution < -0.4 is 0 Å². The second-order valence-electron chi connectivity index (χ2n) is 4.88. The molecule has 3 aromatic heterocycles. The Labute approximate surface area is 126 Å². The fourth-order valence-corrected chi connectivity index (χ4v) is 2.49. The smallest absolute Gasteiger partial charge is 0.180 e. The SMILES string of the molecule is c1ccc2c(c1)[nH]c1ccccc12.c1ncc2[nH]cnc2n1. The van der Waals surface area contributed by atoms with Crippen LogP contribution in [0.4, 0.5) is 0 Å². The summed E-state index contributed by atoms with van der Waals surface area (Å²) in [4.78, 5) is 17.9. The Kier molecular flexibility index (Phi) is 3.01. The van der Waals surface area contributed by atoms with E-state index in [4.69, 9.17) is 0 Å². The van der Waals surface area contributed by atoms with Crippen LogP contribution in [-0.2, 0) is 0 Å². The number of aromatic amines is 2. The Balaban J connectivity index is 0.000000122. The van der Waals surface area contributed by atoms with Gasteiger partial charge in [0.05, 0.1) is 12.5 Å². The van der Waals surface area contributed by atoms with E-state index < -0.39 is 0 Å². The molecule has 3 heterocycles. The molecule has 0 aliphatic heterocycles. The molecule has 0 bridgehead atoms. The highest BCUT2D eigenvalue weighted by atomic mass is 15.0. The van der Waals surface area contributed by atoms with E-state index in [9.17, 15) is 0 Å². The molecule has 0 saturated heterocycles. The van der Waals surface area contributed by atoms with Gasteiger partial charge in [0.15, 0.2) is 5.65 Å². The van der Waals surface area contributed by atoms with Gasteiger partial charge in [-0.05, 0) is 12.1 Å². The number of benzene rings is 2. The molecule has 0 aliphatic rings. The molecule has 5 rings (SSSR count). The first kappa shape index (κ1) is 12.5.